The molecule has 0 radical (unpaired) electrons. The molecule has 0 saturated carbocycles. The number of fused-ring (bicyclic) bond motifs is 4. The number of aromatic nitrogens is 2. The Bertz CT molecular complexity index is 667. The Hall–Kier alpha value is -1.74. The average molecular weight is 279 g/mol. The summed E-state index contributed by atoms with van der Waals surface area (Å²) in [4.78, 5) is 8.29. The molecule has 2 aliphatic rings. The quantitative estimate of drug-likeness (QED) is 0.872. The molecule has 4 rings (SSSR count). The number of piperidine rings is 1. The number of hydrogen-bond donors (Lipinski definition) is 1. The Balaban J connectivity index is 1.85. The first kappa shape index (κ1) is 13.0. The van der Waals surface area contributed by atoms with Gasteiger partial charge in [0, 0.05) is 24.0 Å². The number of hydrogen-bond acceptors (Lipinski definition) is 3. The van der Waals surface area contributed by atoms with Gasteiger partial charge in [-0.05, 0) is 47.4 Å². The van der Waals surface area contributed by atoms with Gasteiger partial charge in [-0.15, -0.1) is 0 Å². The lowest BCUT2D eigenvalue weighted by molar-refractivity contribution is 0.158. The molecular formula is C18H21N3. The van der Waals surface area contributed by atoms with Crippen LogP contribution in [0.25, 0.3) is 11.1 Å². The van der Waals surface area contributed by atoms with Gasteiger partial charge in [0.15, 0.2) is 0 Å². The summed E-state index contributed by atoms with van der Waals surface area (Å²) in [6.07, 6.45) is 7.75. The van der Waals surface area contributed by atoms with E-state index in [2.05, 4.69) is 47.3 Å². The highest BCUT2D eigenvalue weighted by Crippen LogP contribution is 2.46. The largest absolute Gasteiger partial charge is 0.313 e. The first-order valence-corrected chi connectivity index (χ1v) is 7.81. The molecule has 1 aromatic heterocycles. The minimum Gasteiger partial charge on any atom is -0.313 e. The third-order valence-corrected chi connectivity index (χ3v) is 5.72. The van der Waals surface area contributed by atoms with Gasteiger partial charge < -0.3 is 5.32 Å². The molecule has 1 aliphatic heterocycles. The van der Waals surface area contributed by atoms with Gasteiger partial charge >= 0.3 is 0 Å². The van der Waals surface area contributed by atoms with E-state index in [0.29, 0.717) is 12.0 Å². The van der Waals surface area contributed by atoms with E-state index in [1.54, 1.807) is 6.33 Å². The molecular weight excluding hydrogens is 258 g/mol. The lowest BCUT2D eigenvalue weighted by Crippen LogP contribution is -2.56. The number of rotatable bonds is 1. The van der Waals surface area contributed by atoms with Crippen molar-refractivity contribution in [3.8, 4) is 11.1 Å². The number of nitrogens with one attached hydrogen (secondary N) is 1. The van der Waals surface area contributed by atoms with Crippen LogP contribution in [0.15, 0.2) is 36.9 Å². The monoisotopic (exact) mass is 279 g/mol. The highest BCUT2D eigenvalue weighted by Gasteiger charge is 2.45. The Morgan fingerprint density at radius 3 is 2.81 bits per heavy atom. The molecule has 2 heterocycles. The van der Waals surface area contributed by atoms with Gasteiger partial charge in [-0.1, -0.05) is 32.0 Å². The van der Waals surface area contributed by atoms with Crippen LogP contribution in [0.4, 0.5) is 0 Å². The van der Waals surface area contributed by atoms with Gasteiger partial charge in [-0.3, -0.25) is 0 Å². The van der Waals surface area contributed by atoms with Gasteiger partial charge in [-0.2, -0.15) is 0 Å². The predicted octanol–water partition coefficient (Wildman–Crippen LogP) is 2.96. The molecule has 2 bridgehead atoms. The molecule has 2 unspecified atom stereocenters. The van der Waals surface area contributed by atoms with Crippen molar-refractivity contribution in [2.75, 3.05) is 6.54 Å². The summed E-state index contributed by atoms with van der Waals surface area (Å²) in [5, 5.41) is 3.69. The highest BCUT2D eigenvalue weighted by atomic mass is 14.9. The molecule has 2 aromatic rings. The van der Waals surface area contributed by atoms with Crippen LogP contribution in [0.3, 0.4) is 0 Å². The van der Waals surface area contributed by atoms with Crippen LogP contribution in [0.1, 0.15) is 31.4 Å². The van der Waals surface area contributed by atoms with E-state index in [4.69, 9.17) is 0 Å². The molecule has 21 heavy (non-hydrogen) atoms. The Labute approximate surface area is 125 Å². The second-order valence-corrected chi connectivity index (χ2v) is 6.72. The minimum atomic E-state index is 0.287. The van der Waals surface area contributed by atoms with Gasteiger partial charge in [0.2, 0.25) is 0 Å². The standard InChI is InChI=1S/C18H21N3/c1-12-17-8-14-4-3-13(15-9-19-11-20-10-15)7-16(14)18(12,2)5-6-21-17/h3-4,7,9-12,17,21H,5-6,8H2,1-2H3/t12?,17?,18-/m1/s1. The van der Waals surface area contributed by atoms with E-state index in [-0.39, 0.29) is 5.41 Å². The second kappa shape index (κ2) is 4.63. The van der Waals surface area contributed by atoms with Crippen molar-refractivity contribution in [2.24, 2.45) is 5.92 Å². The molecule has 1 saturated heterocycles. The molecule has 3 nitrogen and oxygen atoms in total. The number of benzene rings is 1. The Kier molecular flexibility index (Phi) is 2.86. The van der Waals surface area contributed by atoms with Crippen LogP contribution in [-0.4, -0.2) is 22.6 Å². The maximum atomic E-state index is 4.15. The lowest BCUT2D eigenvalue weighted by Gasteiger charge is -2.50. The van der Waals surface area contributed by atoms with Gasteiger partial charge in [0.25, 0.3) is 0 Å². The SMILES string of the molecule is CC1C2Cc3ccc(-c4cncnc4)cc3[C@]1(C)CCN2. The van der Waals surface area contributed by atoms with E-state index in [0.717, 1.165) is 18.5 Å². The van der Waals surface area contributed by atoms with Gasteiger partial charge in [0.05, 0.1) is 0 Å². The van der Waals surface area contributed by atoms with E-state index in [9.17, 15) is 0 Å². The fourth-order valence-electron chi connectivity index (χ4n) is 4.15. The lowest BCUT2D eigenvalue weighted by atomic mass is 9.59. The van der Waals surface area contributed by atoms with Crippen molar-refractivity contribution >= 4 is 0 Å². The minimum absolute atomic E-state index is 0.287. The van der Waals surface area contributed by atoms with Crippen LogP contribution in [0.2, 0.25) is 0 Å². The summed E-state index contributed by atoms with van der Waals surface area (Å²) in [6.45, 7) is 5.97. The Morgan fingerprint density at radius 1 is 1.19 bits per heavy atom. The van der Waals surface area contributed by atoms with Gasteiger partial charge in [-0.25, -0.2) is 9.97 Å². The zero-order chi connectivity index (χ0) is 14.4. The number of nitrogens with zero attached hydrogens (tertiary/aromatic N) is 2. The third-order valence-electron chi connectivity index (χ3n) is 5.72. The van der Waals surface area contributed by atoms with Crippen LogP contribution >= 0.6 is 0 Å². The fourth-order valence-corrected chi connectivity index (χ4v) is 4.15. The molecule has 1 N–H and O–H groups in total. The van der Waals surface area contributed by atoms with E-state index >= 15 is 0 Å². The first-order chi connectivity index (χ1) is 10.2. The molecule has 1 aromatic carbocycles. The van der Waals surface area contributed by atoms with Crippen LogP contribution in [0.5, 0.6) is 0 Å². The summed E-state index contributed by atoms with van der Waals surface area (Å²) >= 11 is 0. The van der Waals surface area contributed by atoms with Crippen molar-refractivity contribution in [3.63, 3.8) is 0 Å². The van der Waals surface area contributed by atoms with Crippen LogP contribution in [-0.2, 0) is 11.8 Å². The zero-order valence-electron chi connectivity index (χ0n) is 12.6. The zero-order valence-corrected chi connectivity index (χ0v) is 12.6. The maximum Gasteiger partial charge on any atom is 0.115 e. The predicted molar refractivity (Wildman–Crippen MR) is 84.1 cm³/mol. The molecule has 1 aliphatic carbocycles. The summed E-state index contributed by atoms with van der Waals surface area (Å²) in [6, 6.07) is 7.53. The van der Waals surface area contributed by atoms with Gasteiger partial charge in [0.1, 0.15) is 6.33 Å². The molecule has 0 amide bonds. The average Bonchev–Trinajstić information content (AvgIpc) is 2.51. The molecule has 3 heteroatoms. The van der Waals surface area contributed by atoms with Crippen molar-refractivity contribution in [1.82, 2.24) is 15.3 Å². The van der Waals surface area contributed by atoms with Crippen LogP contribution in [0, 0.1) is 5.92 Å². The first-order valence-electron chi connectivity index (χ1n) is 7.81. The topological polar surface area (TPSA) is 37.8 Å². The smallest absolute Gasteiger partial charge is 0.115 e. The Morgan fingerprint density at radius 2 is 2.00 bits per heavy atom. The fraction of sp³-hybridized carbons (Fsp3) is 0.444. The summed E-state index contributed by atoms with van der Waals surface area (Å²) < 4.78 is 0. The van der Waals surface area contributed by atoms with E-state index < -0.39 is 0 Å². The van der Waals surface area contributed by atoms with Crippen molar-refractivity contribution in [2.45, 2.75) is 38.1 Å². The molecule has 108 valence electrons. The summed E-state index contributed by atoms with van der Waals surface area (Å²) in [5.74, 6) is 0.682. The molecule has 1 fully saturated rings. The molecule has 0 spiro atoms. The summed E-state index contributed by atoms with van der Waals surface area (Å²) in [5.41, 5.74) is 5.67. The summed E-state index contributed by atoms with van der Waals surface area (Å²) in [7, 11) is 0. The van der Waals surface area contributed by atoms with Crippen LogP contribution < -0.4 is 5.32 Å². The molecule has 3 atom stereocenters. The van der Waals surface area contributed by atoms with Crippen molar-refractivity contribution in [1.29, 1.82) is 0 Å². The van der Waals surface area contributed by atoms with E-state index in [1.165, 1.54) is 23.1 Å². The van der Waals surface area contributed by atoms with Crippen molar-refractivity contribution < 1.29 is 0 Å². The highest BCUT2D eigenvalue weighted by molar-refractivity contribution is 5.64. The third kappa shape index (κ3) is 1.91. The van der Waals surface area contributed by atoms with Crippen molar-refractivity contribution in [3.05, 3.63) is 48.0 Å². The second-order valence-electron chi connectivity index (χ2n) is 6.72. The van der Waals surface area contributed by atoms with E-state index in [1.807, 2.05) is 12.4 Å². The normalized spacial score (nSPS) is 30.8. The maximum absolute atomic E-state index is 4.15.